The third kappa shape index (κ3) is 6.95. The lowest BCUT2D eigenvalue weighted by Gasteiger charge is -2.30. The van der Waals surface area contributed by atoms with E-state index in [0.29, 0.717) is 54.6 Å². The van der Waals surface area contributed by atoms with E-state index in [0.717, 1.165) is 12.8 Å². The molecule has 1 N–H and O–H groups in total. The molecule has 1 unspecified atom stereocenters. The number of hydrogen-bond acceptors (Lipinski definition) is 5. The molecular formula is C33H32F4N4O4. The summed E-state index contributed by atoms with van der Waals surface area (Å²) in [6, 6.07) is 16.3. The average molecular weight is 625 g/mol. The molecule has 0 bridgehead atoms. The number of piperidine rings is 1. The molecule has 45 heavy (non-hydrogen) atoms. The van der Waals surface area contributed by atoms with E-state index < -0.39 is 37.0 Å². The van der Waals surface area contributed by atoms with Crippen LogP contribution in [0.3, 0.4) is 0 Å². The van der Waals surface area contributed by atoms with Gasteiger partial charge in [-0.3, -0.25) is 0 Å². The standard InChI is InChI=1S/C33H32F4N4O4/c34-31-25-17-22(11-13-27(25)41(39-31)29-10-4-5-16-44-29)30(26(18-33(35,36)37)21-7-2-1-3-8-21)23-12-14-28(38-19-23)45-24-9-6-15-40(20-24)32(42)43/h1-3,7-8,11-14,17,19,24,29H,4-6,9-10,15-16,18,20H2,(H,42,43)/b30-26-/t24-,29?/m1/s1. The van der Waals surface area contributed by atoms with E-state index in [1.54, 1.807) is 54.6 Å². The molecule has 0 saturated carbocycles. The molecule has 6 rings (SSSR count). The van der Waals surface area contributed by atoms with Crippen LogP contribution in [0.1, 0.15) is 61.4 Å². The highest BCUT2D eigenvalue weighted by molar-refractivity contribution is 6.00. The van der Waals surface area contributed by atoms with Crippen LogP contribution in [0.5, 0.6) is 5.88 Å². The van der Waals surface area contributed by atoms with Gasteiger partial charge in [0.25, 0.3) is 0 Å². The van der Waals surface area contributed by atoms with Crippen LogP contribution in [-0.4, -0.2) is 62.8 Å². The van der Waals surface area contributed by atoms with Crippen molar-refractivity contribution in [1.29, 1.82) is 0 Å². The Kier molecular flexibility index (Phi) is 8.75. The fraction of sp³-hybridized carbons (Fsp3) is 0.364. The van der Waals surface area contributed by atoms with Gasteiger partial charge >= 0.3 is 12.3 Å². The number of benzene rings is 2. The summed E-state index contributed by atoms with van der Waals surface area (Å²) in [5.74, 6) is -0.509. The van der Waals surface area contributed by atoms with Gasteiger partial charge in [0.15, 0.2) is 6.23 Å². The lowest BCUT2D eigenvalue weighted by molar-refractivity contribution is -0.122. The molecule has 236 valence electrons. The first-order chi connectivity index (χ1) is 21.7. The molecule has 8 nitrogen and oxygen atoms in total. The number of likely N-dealkylation sites (tertiary alicyclic amines) is 1. The first kappa shape index (κ1) is 30.6. The number of pyridine rings is 1. The van der Waals surface area contributed by atoms with E-state index in [-0.39, 0.29) is 29.0 Å². The number of carbonyl (C=O) groups is 1. The van der Waals surface area contributed by atoms with Gasteiger partial charge in [-0.2, -0.15) is 17.6 Å². The fourth-order valence-corrected chi connectivity index (χ4v) is 6.06. The van der Waals surface area contributed by atoms with Crippen LogP contribution >= 0.6 is 0 Å². The maximum Gasteiger partial charge on any atom is 0.407 e. The molecule has 2 aromatic heterocycles. The van der Waals surface area contributed by atoms with Crippen molar-refractivity contribution in [3.8, 4) is 5.88 Å². The second kappa shape index (κ2) is 12.9. The van der Waals surface area contributed by atoms with Crippen molar-refractivity contribution in [3.63, 3.8) is 0 Å². The molecule has 4 aromatic rings. The van der Waals surface area contributed by atoms with Crippen LogP contribution in [0.4, 0.5) is 22.4 Å². The van der Waals surface area contributed by atoms with E-state index in [4.69, 9.17) is 9.47 Å². The molecule has 2 saturated heterocycles. The van der Waals surface area contributed by atoms with Gasteiger partial charge in [0.2, 0.25) is 11.8 Å². The number of rotatable bonds is 7. The molecule has 0 radical (unpaired) electrons. The van der Waals surface area contributed by atoms with Crippen molar-refractivity contribution in [2.24, 2.45) is 0 Å². The van der Waals surface area contributed by atoms with Gasteiger partial charge < -0.3 is 19.5 Å². The zero-order chi connectivity index (χ0) is 31.6. The molecule has 12 heteroatoms. The van der Waals surface area contributed by atoms with E-state index in [1.807, 2.05) is 0 Å². The Morgan fingerprint density at radius 3 is 2.49 bits per heavy atom. The second-order valence-electron chi connectivity index (χ2n) is 11.3. The lowest BCUT2D eigenvalue weighted by Crippen LogP contribution is -2.43. The Hall–Kier alpha value is -4.45. The number of alkyl halides is 3. The summed E-state index contributed by atoms with van der Waals surface area (Å²) in [6.45, 7) is 1.16. The minimum atomic E-state index is -4.54. The molecular weight excluding hydrogens is 592 g/mol. The molecule has 2 fully saturated rings. The summed E-state index contributed by atoms with van der Waals surface area (Å²) in [5, 5.41) is 13.6. The maximum absolute atomic E-state index is 15.3. The third-order valence-corrected chi connectivity index (χ3v) is 8.14. The van der Waals surface area contributed by atoms with Crippen LogP contribution in [-0.2, 0) is 4.74 Å². The van der Waals surface area contributed by atoms with Crippen molar-refractivity contribution in [2.75, 3.05) is 19.7 Å². The first-order valence-electron chi connectivity index (χ1n) is 14.9. The molecule has 0 aliphatic carbocycles. The highest BCUT2D eigenvalue weighted by Crippen LogP contribution is 2.40. The number of ether oxygens (including phenoxy) is 2. The number of allylic oxidation sites excluding steroid dienone is 1. The predicted molar refractivity (Wildman–Crippen MR) is 159 cm³/mol. The lowest BCUT2D eigenvalue weighted by atomic mass is 9.88. The molecule has 4 heterocycles. The van der Waals surface area contributed by atoms with Crippen molar-refractivity contribution < 1.29 is 36.9 Å². The van der Waals surface area contributed by atoms with Gasteiger partial charge in [-0.15, -0.1) is 5.10 Å². The summed E-state index contributed by atoms with van der Waals surface area (Å²) in [6.07, 6.45) is -2.37. The average Bonchev–Trinajstić information content (AvgIpc) is 3.37. The topological polar surface area (TPSA) is 89.7 Å². The van der Waals surface area contributed by atoms with Crippen LogP contribution in [0.15, 0.2) is 66.9 Å². The van der Waals surface area contributed by atoms with E-state index in [1.165, 1.54) is 21.8 Å². The van der Waals surface area contributed by atoms with Gasteiger partial charge in [-0.1, -0.05) is 36.4 Å². The molecule has 0 spiro atoms. The number of fused-ring (bicyclic) bond motifs is 1. The normalized spacial score (nSPS) is 19.8. The predicted octanol–water partition coefficient (Wildman–Crippen LogP) is 7.70. The van der Waals surface area contributed by atoms with Crippen LogP contribution in [0.25, 0.3) is 22.0 Å². The summed E-state index contributed by atoms with van der Waals surface area (Å²) in [4.78, 5) is 17.1. The van der Waals surface area contributed by atoms with E-state index in [2.05, 4.69) is 10.1 Å². The summed E-state index contributed by atoms with van der Waals surface area (Å²) in [7, 11) is 0. The molecule has 2 aliphatic rings. The van der Waals surface area contributed by atoms with Crippen molar-refractivity contribution in [3.05, 3.63) is 89.5 Å². The third-order valence-electron chi connectivity index (χ3n) is 8.14. The number of halogens is 4. The summed E-state index contributed by atoms with van der Waals surface area (Å²) in [5.41, 5.74) is 1.86. The Morgan fingerprint density at radius 1 is 1.00 bits per heavy atom. The highest BCUT2D eigenvalue weighted by atomic mass is 19.4. The summed E-state index contributed by atoms with van der Waals surface area (Å²) < 4.78 is 70.9. The monoisotopic (exact) mass is 624 g/mol. The Bertz CT molecular complexity index is 1680. The van der Waals surface area contributed by atoms with Crippen molar-refractivity contribution in [2.45, 2.75) is 57.0 Å². The molecule has 2 aliphatic heterocycles. The molecule has 1 amide bonds. The molecule has 2 atom stereocenters. The Labute approximate surface area is 256 Å². The fourth-order valence-electron chi connectivity index (χ4n) is 6.06. The van der Waals surface area contributed by atoms with Gasteiger partial charge in [-0.25, -0.2) is 14.5 Å². The number of hydrogen-bond donors (Lipinski definition) is 1. The quantitative estimate of drug-likeness (QED) is 0.167. The highest BCUT2D eigenvalue weighted by Gasteiger charge is 2.32. The first-order valence-corrected chi connectivity index (χ1v) is 14.9. The van der Waals surface area contributed by atoms with Gasteiger partial charge in [-0.05, 0) is 72.6 Å². The zero-order valence-electron chi connectivity index (χ0n) is 24.3. The number of carboxylic acid groups (broad SMARTS) is 1. The van der Waals surface area contributed by atoms with Crippen LogP contribution in [0.2, 0.25) is 0 Å². The smallest absolute Gasteiger partial charge is 0.407 e. The maximum atomic E-state index is 15.3. The van der Waals surface area contributed by atoms with Crippen molar-refractivity contribution >= 4 is 28.1 Å². The Morgan fingerprint density at radius 2 is 1.80 bits per heavy atom. The summed E-state index contributed by atoms with van der Waals surface area (Å²) >= 11 is 0. The van der Waals surface area contributed by atoms with E-state index >= 15 is 4.39 Å². The Balaban J connectivity index is 1.43. The molecule has 2 aromatic carbocycles. The van der Waals surface area contributed by atoms with Gasteiger partial charge in [0.1, 0.15) is 6.10 Å². The second-order valence-corrected chi connectivity index (χ2v) is 11.3. The zero-order valence-corrected chi connectivity index (χ0v) is 24.3. The van der Waals surface area contributed by atoms with Crippen LogP contribution in [0, 0.1) is 5.95 Å². The number of amides is 1. The van der Waals surface area contributed by atoms with Crippen molar-refractivity contribution in [1.82, 2.24) is 19.7 Å². The SMILES string of the molecule is O=C(O)N1CCC[C@@H](Oc2ccc(/C(=C(/CC(F)(F)F)c3ccccc3)c3ccc4c(c3)c(F)nn4C3CCCCO3)cn2)C1. The number of aromatic nitrogens is 3. The van der Waals surface area contributed by atoms with Gasteiger partial charge in [0.05, 0.1) is 23.9 Å². The van der Waals surface area contributed by atoms with Gasteiger partial charge in [0, 0.05) is 31.0 Å². The van der Waals surface area contributed by atoms with E-state index in [9.17, 15) is 23.1 Å². The number of nitrogens with zero attached hydrogens (tertiary/aromatic N) is 4. The largest absolute Gasteiger partial charge is 0.472 e. The minimum absolute atomic E-state index is 0.00529. The van der Waals surface area contributed by atoms with Crippen LogP contribution < -0.4 is 4.74 Å². The minimum Gasteiger partial charge on any atom is -0.472 e.